The Labute approximate surface area is 150 Å². The number of nitrogens with one attached hydrogen (secondary N) is 1. The molecule has 0 spiro atoms. The molecule has 0 saturated heterocycles. The van der Waals surface area contributed by atoms with Crippen molar-refractivity contribution >= 4 is 23.1 Å². The summed E-state index contributed by atoms with van der Waals surface area (Å²) in [6, 6.07) is 5.75. The molecule has 0 radical (unpaired) electrons. The van der Waals surface area contributed by atoms with Crippen molar-refractivity contribution in [1.29, 1.82) is 0 Å². The maximum absolute atomic E-state index is 12.6. The fourth-order valence-electron chi connectivity index (χ4n) is 3.24. The number of anilines is 1. The molecular weight excluding hydrogens is 332 g/mol. The van der Waals surface area contributed by atoms with Crippen LogP contribution in [-0.4, -0.2) is 20.7 Å². The van der Waals surface area contributed by atoms with E-state index in [1.54, 1.807) is 23.7 Å². The smallest absolute Gasteiger partial charge is 0.257 e. The van der Waals surface area contributed by atoms with Crippen LogP contribution < -0.4 is 5.32 Å². The number of nitrogens with zero attached hydrogens (tertiary/aromatic N) is 3. The van der Waals surface area contributed by atoms with Gasteiger partial charge < -0.3 is 5.32 Å². The van der Waals surface area contributed by atoms with Gasteiger partial charge in [0.05, 0.1) is 12.1 Å². The molecule has 1 aliphatic carbocycles. The van der Waals surface area contributed by atoms with Crippen LogP contribution in [0.25, 0.3) is 0 Å². The van der Waals surface area contributed by atoms with Crippen molar-refractivity contribution in [1.82, 2.24) is 14.8 Å². The summed E-state index contributed by atoms with van der Waals surface area (Å²) in [6.45, 7) is 2.93. The average Bonchev–Trinajstić information content (AvgIpc) is 3.22. The fourth-order valence-corrected chi connectivity index (χ4v) is 4.49. The van der Waals surface area contributed by atoms with Gasteiger partial charge in [-0.2, -0.15) is 5.10 Å². The minimum absolute atomic E-state index is 0.0544. The summed E-state index contributed by atoms with van der Waals surface area (Å²) in [5, 5.41) is 9.37. The second-order valence-corrected chi connectivity index (χ2v) is 7.57. The lowest BCUT2D eigenvalue weighted by atomic mass is 9.88. The standard InChI is InChI=1S/C19H20N4OS/c1-13-2-3-15-16(12-25-17(15)10-13)19(24)21-18-6-9-23(22-18)11-14-4-7-20-8-5-14/h4-9,12-13H,2-3,10-11H2,1H3,(H,21,22,24). The summed E-state index contributed by atoms with van der Waals surface area (Å²) < 4.78 is 1.82. The normalized spacial score (nSPS) is 16.4. The van der Waals surface area contributed by atoms with Crippen molar-refractivity contribution < 1.29 is 4.79 Å². The van der Waals surface area contributed by atoms with Crippen LogP contribution in [0.5, 0.6) is 0 Å². The van der Waals surface area contributed by atoms with Crippen molar-refractivity contribution in [2.45, 2.75) is 32.7 Å². The lowest BCUT2D eigenvalue weighted by molar-refractivity contribution is 0.102. The van der Waals surface area contributed by atoms with Crippen molar-refractivity contribution in [2.24, 2.45) is 5.92 Å². The van der Waals surface area contributed by atoms with Gasteiger partial charge in [0.1, 0.15) is 0 Å². The predicted molar refractivity (Wildman–Crippen MR) is 99.0 cm³/mol. The van der Waals surface area contributed by atoms with Crippen molar-refractivity contribution in [2.75, 3.05) is 5.32 Å². The molecule has 0 aromatic carbocycles. The molecule has 3 heterocycles. The number of carbonyl (C=O) groups is 1. The van der Waals surface area contributed by atoms with E-state index in [0.29, 0.717) is 18.3 Å². The van der Waals surface area contributed by atoms with E-state index in [0.717, 1.165) is 30.4 Å². The highest BCUT2D eigenvalue weighted by molar-refractivity contribution is 7.10. The van der Waals surface area contributed by atoms with Crippen LogP contribution in [0.15, 0.2) is 42.2 Å². The molecule has 1 N–H and O–H groups in total. The van der Waals surface area contributed by atoms with Crippen molar-refractivity contribution in [3.63, 3.8) is 0 Å². The first-order valence-electron chi connectivity index (χ1n) is 8.52. The van der Waals surface area contributed by atoms with E-state index in [9.17, 15) is 4.79 Å². The molecule has 3 aromatic rings. The molecule has 0 saturated carbocycles. The fraction of sp³-hybridized carbons (Fsp3) is 0.316. The van der Waals surface area contributed by atoms with Crippen LogP contribution in [0, 0.1) is 5.92 Å². The highest BCUT2D eigenvalue weighted by Gasteiger charge is 2.23. The number of thiophene rings is 1. The predicted octanol–water partition coefficient (Wildman–Crippen LogP) is 3.77. The van der Waals surface area contributed by atoms with Gasteiger partial charge in [0.2, 0.25) is 0 Å². The number of hydrogen-bond donors (Lipinski definition) is 1. The zero-order valence-electron chi connectivity index (χ0n) is 14.1. The van der Waals surface area contributed by atoms with Gasteiger partial charge in [-0.25, -0.2) is 0 Å². The van der Waals surface area contributed by atoms with Gasteiger partial charge in [-0.05, 0) is 48.4 Å². The Morgan fingerprint density at radius 1 is 1.36 bits per heavy atom. The molecule has 3 aromatic heterocycles. The minimum atomic E-state index is -0.0544. The van der Waals surface area contributed by atoms with Gasteiger partial charge in [0, 0.05) is 34.9 Å². The number of carbonyl (C=O) groups excluding carboxylic acids is 1. The Hall–Kier alpha value is -2.47. The highest BCUT2D eigenvalue weighted by Crippen LogP contribution is 2.33. The number of fused-ring (bicyclic) bond motifs is 1. The zero-order valence-corrected chi connectivity index (χ0v) is 14.9. The summed E-state index contributed by atoms with van der Waals surface area (Å²) in [5.41, 5.74) is 3.17. The van der Waals surface area contributed by atoms with E-state index in [4.69, 9.17) is 0 Å². The minimum Gasteiger partial charge on any atom is -0.305 e. The van der Waals surface area contributed by atoms with Crippen LogP contribution in [0.3, 0.4) is 0 Å². The zero-order chi connectivity index (χ0) is 17.2. The van der Waals surface area contributed by atoms with Crippen LogP contribution >= 0.6 is 11.3 Å². The molecule has 6 heteroatoms. The Balaban J connectivity index is 1.45. The molecule has 1 amide bonds. The summed E-state index contributed by atoms with van der Waals surface area (Å²) in [4.78, 5) is 18.0. The van der Waals surface area contributed by atoms with Gasteiger partial charge in [-0.15, -0.1) is 11.3 Å². The SMILES string of the molecule is CC1CCc2c(C(=O)Nc3ccn(Cc4ccncc4)n3)csc2C1. The number of rotatable bonds is 4. The molecule has 1 aliphatic rings. The maximum atomic E-state index is 12.6. The third kappa shape index (κ3) is 3.49. The molecule has 1 atom stereocenters. The van der Waals surface area contributed by atoms with E-state index in [-0.39, 0.29) is 5.91 Å². The lowest BCUT2D eigenvalue weighted by Crippen LogP contribution is -2.17. The second-order valence-electron chi connectivity index (χ2n) is 6.61. The molecule has 0 aliphatic heterocycles. The molecule has 1 unspecified atom stereocenters. The van der Waals surface area contributed by atoms with E-state index in [2.05, 4.69) is 22.3 Å². The number of amides is 1. The Bertz CT molecular complexity index is 884. The van der Waals surface area contributed by atoms with Crippen LogP contribution in [0.1, 0.15) is 39.7 Å². The monoisotopic (exact) mass is 352 g/mol. The molecular formula is C19H20N4OS. The van der Waals surface area contributed by atoms with E-state index in [1.807, 2.05) is 34.5 Å². The van der Waals surface area contributed by atoms with Crippen molar-refractivity contribution in [3.05, 3.63) is 63.7 Å². The molecule has 0 bridgehead atoms. The van der Waals surface area contributed by atoms with Gasteiger partial charge in [-0.3, -0.25) is 14.5 Å². The quantitative estimate of drug-likeness (QED) is 0.778. The average molecular weight is 352 g/mol. The molecule has 25 heavy (non-hydrogen) atoms. The number of aromatic nitrogens is 3. The Morgan fingerprint density at radius 2 is 2.20 bits per heavy atom. The number of hydrogen-bond acceptors (Lipinski definition) is 4. The van der Waals surface area contributed by atoms with Gasteiger partial charge >= 0.3 is 0 Å². The Kier molecular flexibility index (Phi) is 4.36. The van der Waals surface area contributed by atoms with Crippen LogP contribution in [-0.2, 0) is 19.4 Å². The molecule has 0 fully saturated rings. The van der Waals surface area contributed by atoms with Gasteiger partial charge in [0.15, 0.2) is 5.82 Å². The van der Waals surface area contributed by atoms with Crippen LogP contribution in [0.4, 0.5) is 5.82 Å². The van der Waals surface area contributed by atoms with Gasteiger partial charge in [0.25, 0.3) is 5.91 Å². The maximum Gasteiger partial charge on any atom is 0.257 e. The third-order valence-corrected chi connectivity index (χ3v) is 5.67. The van der Waals surface area contributed by atoms with Crippen LogP contribution in [0.2, 0.25) is 0 Å². The molecule has 5 nitrogen and oxygen atoms in total. The van der Waals surface area contributed by atoms with Crippen molar-refractivity contribution in [3.8, 4) is 0 Å². The first-order valence-corrected chi connectivity index (χ1v) is 9.40. The first-order chi connectivity index (χ1) is 12.2. The Morgan fingerprint density at radius 3 is 3.04 bits per heavy atom. The van der Waals surface area contributed by atoms with Gasteiger partial charge in [-0.1, -0.05) is 6.92 Å². The summed E-state index contributed by atoms with van der Waals surface area (Å²) in [6.07, 6.45) is 8.66. The highest BCUT2D eigenvalue weighted by atomic mass is 32.1. The lowest BCUT2D eigenvalue weighted by Gasteiger charge is -2.18. The topological polar surface area (TPSA) is 59.8 Å². The first kappa shape index (κ1) is 16.0. The van der Waals surface area contributed by atoms with E-state index < -0.39 is 0 Å². The largest absolute Gasteiger partial charge is 0.305 e. The number of pyridine rings is 1. The summed E-state index contributed by atoms with van der Waals surface area (Å²) in [5.74, 6) is 1.25. The third-order valence-electron chi connectivity index (χ3n) is 4.62. The van der Waals surface area contributed by atoms with E-state index in [1.165, 1.54) is 10.4 Å². The molecule has 128 valence electrons. The van der Waals surface area contributed by atoms with E-state index >= 15 is 0 Å². The second kappa shape index (κ2) is 6.80. The summed E-state index contributed by atoms with van der Waals surface area (Å²) in [7, 11) is 0. The molecule has 4 rings (SSSR count). The summed E-state index contributed by atoms with van der Waals surface area (Å²) >= 11 is 1.71.